The highest BCUT2D eigenvalue weighted by molar-refractivity contribution is 6.31. The summed E-state index contributed by atoms with van der Waals surface area (Å²) in [6.07, 6.45) is 0. The van der Waals surface area contributed by atoms with Gasteiger partial charge in [-0.05, 0) is 24.8 Å². The Balaban J connectivity index is 2.65. The van der Waals surface area contributed by atoms with Gasteiger partial charge in [-0.2, -0.15) is 5.10 Å². The van der Waals surface area contributed by atoms with Crippen LogP contribution in [0.4, 0.5) is 5.82 Å². The number of hydrogen-bond acceptors (Lipinski definition) is 5. The Hall–Kier alpha value is -2.15. The van der Waals surface area contributed by atoms with E-state index >= 15 is 0 Å². The van der Waals surface area contributed by atoms with Crippen molar-refractivity contribution >= 4 is 23.3 Å². The minimum Gasteiger partial charge on any atom is -0.368 e. The van der Waals surface area contributed by atoms with Crippen molar-refractivity contribution in [1.82, 2.24) is 25.1 Å². The molecule has 2 N–H and O–H groups in total. The van der Waals surface area contributed by atoms with Crippen molar-refractivity contribution in [2.45, 2.75) is 40.5 Å². The van der Waals surface area contributed by atoms with Gasteiger partial charge in [0.2, 0.25) is 5.82 Å². The first kappa shape index (κ1) is 19.2. The van der Waals surface area contributed by atoms with Crippen molar-refractivity contribution in [3.8, 4) is 5.69 Å². The lowest BCUT2D eigenvalue weighted by Crippen LogP contribution is -2.23. The third kappa shape index (κ3) is 4.28. The highest BCUT2D eigenvalue weighted by Gasteiger charge is 2.22. The van der Waals surface area contributed by atoms with E-state index in [9.17, 15) is 4.79 Å². The monoisotopic (exact) mass is 364 g/mol. The van der Waals surface area contributed by atoms with Crippen LogP contribution in [0, 0.1) is 12.8 Å². The Morgan fingerprint density at radius 2 is 1.96 bits per heavy atom. The van der Waals surface area contributed by atoms with E-state index < -0.39 is 0 Å². The molecule has 8 heteroatoms. The predicted octanol–water partition coefficient (Wildman–Crippen LogP) is 3.18. The molecule has 2 rings (SSSR count). The molecular weight excluding hydrogens is 340 g/mol. The number of rotatable bonds is 6. The zero-order chi connectivity index (χ0) is 18.7. The van der Waals surface area contributed by atoms with Gasteiger partial charge in [0, 0.05) is 19.3 Å². The van der Waals surface area contributed by atoms with Crippen molar-refractivity contribution in [3.63, 3.8) is 0 Å². The molecule has 0 atom stereocenters. The molecule has 0 aliphatic carbocycles. The number of hydrogen-bond donors (Lipinski definition) is 2. The molecule has 25 heavy (non-hydrogen) atoms. The van der Waals surface area contributed by atoms with Gasteiger partial charge < -0.3 is 10.6 Å². The van der Waals surface area contributed by atoms with Crippen LogP contribution in [0.15, 0.2) is 6.07 Å². The van der Waals surface area contributed by atoms with Crippen LogP contribution in [0.1, 0.15) is 55.6 Å². The lowest BCUT2D eigenvalue weighted by atomic mass is 10.1. The zero-order valence-electron chi connectivity index (χ0n) is 15.5. The van der Waals surface area contributed by atoms with E-state index in [0.717, 1.165) is 11.4 Å². The van der Waals surface area contributed by atoms with E-state index in [1.54, 1.807) is 4.68 Å². The van der Waals surface area contributed by atoms with Crippen LogP contribution in [-0.4, -0.2) is 39.2 Å². The van der Waals surface area contributed by atoms with E-state index in [1.807, 2.05) is 13.0 Å². The molecule has 7 nitrogen and oxygen atoms in total. The molecule has 0 saturated heterocycles. The van der Waals surface area contributed by atoms with Crippen LogP contribution in [0.3, 0.4) is 0 Å². The van der Waals surface area contributed by atoms with Gasteiger partial charge in [0.15, 0.2) is 11.0 Å². The number of halogens is 1. The largest absolute Gasteiger partial charge is 0.368 e. The minimum absolute atomic E-state index is 0.0254. The Morgan fingerprint density at radius 3 is 2.52 bits per heavy atom. The van der Waals surface area contributed by atoms with Crippen LogP contribution < -0.4 is 10.6 Å². The van der Waals surface area contributed by atoms with Crippen molar-refractivity contribution in [3.05, 3.63) is 28.4 Å². The topological polar surface area (TPSA) is 84.7 Å². The van der Waals surface area contributed by atoms with Gasteiger partial charge in [-0.3, -0.25) is 4.79 Å². The highest BCUT2D eigenvalue weighted by atomic mass is 35.5. The fourth-order valence-corrected chi connectivity index (χ4v) is 2.61. The fraction of sp³-hybridized carbons (Fsp3) is 0.529. The molecule has 0 saturated carbocycles. The molecule has 2 aromatic rings. The van der Waals surface area contributed by atoms with E-state index in [-0.39, 0.29) is 22.8 Å². The third-order valence-corrected chi connectivity index (χ3v) is 3.88. The zero-order valence-corrected chi connectivity index (χ0v) is 16.3. The number of carbonyl (C=O) groups excluding carboxylic acids is 1. The molecule has 1 amide bonds. The van der Waals surface area contributed by atoms with Crippen molar-refractivity contribution in [2.75, 3.05) is 18.9 Å². The number of aromatic nitrogens is 4. The van der Waals surface area contributed by atoms with Crippen LogP contribution in [0.5, 0.6) is 0 Å². The van der Waals surface area contributed by atoms with Crippen LogP contribution >= 0.6 is 11.6 Å². The standard InChI is InChI=1S/C17H25ClN6O/c1-9(2)8-20-15-13(14(18)21-16(22-15)17(25)19-6)24-12(10(3)4)7-11(5)23-24/h7,9-10H,8H2,1-6H3,(H,19,25)(H,20,21,22). The molecule has 2 aromatic heterocycles. The van der Waals surface area contributed by atoms with Crippen molar-refractivity contribution in [1.29, 1.82) is 0 Å². The van der Waals surface area contributed by atoms with Gasteiger partial charge in [-0.1, -0.05) is 39.3 Å². The summed E-state index contributed by atoms with van der Waals surface area (Å²) in [7, 11) is 1.53. The Morgan fingerprint density at radius 1 is 1.28 bits per heavy atom. The fourth-order valence-electron chi connectivity index (χ4n) is 2.36. The second kappa shape index (κ2) is 7.82. The Bertz CT molecular complexity index is 769. The average Bonchev–Trinajstić information content (AvgIpc) is 2.93. The summed E-state index contributed by atoms with van der Waals surface area (Å²) in [5, 5.41) is 10.5. The highest BCUT2D eigenvalue weighted by Crippen LogP contribution is 2.29. The van der Waals surface area contributed by atoms with Crippen LogP contribution in [-0.2, 0) is 0 Å². The summed E-state index contributed by atoms with van der Waals surface area (Å²) in [5.74, 6) is 0.777. The quantitative estimate of drug-likeness (QED) is 0.769. The molecule has 0 fully saturated rings. The first-order valence-electron chi connectivity index (χ1n) is 8.35. The molecule has 0 aliphatic heterocycles. The molecule has 0 unspecified atom stereocenters. The Kier molecular flexibility index (Phi) is 6.00. The molecule has 0 radical (unpaired) electrons. The first-order valence-corrected chi connectivity index (χ1v) is 8.72. The normalized spacial score (nSPS) is 11.2. The van der Waals surface area contributed by atoms with Gasteiger partial charge in [0.1, 0.15) is 5.69 Å². The van der Waals surface area contributed by atoms with Gasteiger partial charge in [0.05, 0.1) is 5.69 Å². The summed E-state index contributed by atoms with van der Waals surface area (Å²) >= 11 is 6.44. The van der Waals surface area contributed by atoms with Crippen molar-refractivity contribution in [2.24, 2.45) is 5.92 Å². The molecule has 2 heterocycles. The summed E-state index contributed by atoms with van der Waals surface area (Å²) < 4.78 is 1.76. The lowest BCUT2D eigenvalue weighted by Gasteiger charge is -2.17. The summed E-state index contributed by atoms with van der Waals surface area (Å²) in [5.41, 5.74) is 2.44. The number of aryl methyl sites for hydroxylation is 1. The predicted molar refractivity (Wildman–Crippen MR) is 99.7 cm³/mol. The minimum atomic E-state index is -0.387. The van der Waals surface area contributed by atoms with Gasteiger partial charge >= 0.3 is 0 Å². The van der Waals surface area contributed by atoms with Gasteiger partial charge in [-0.25, -0.2) is 14.6 Å². The summed E-state index contributed by atoms with van der Waals surface area (Å²) in [4.78, 5) is 20.5. The van der Waals surface area contributed by atoms with E-state index in [1.165, 1.54) is 7.05 Å². The maximum absolute atomic E-state index is 11.9. The summed E-state index contributed by atoms with van der Waals surface area (Å²) in [6.45, 7) is 11.0. The van der Waals surface area contributed by atoms with E-state index in [2.05, 4.69) is 53.4 Å². The second-order valence-corrected chi connectivity index (χ2v) is 7.02. The molecular formula is C17H25ClN6O. The average molecular weight is 365 g/mol. The SMILES string of the molecule is CNC(=O)c1nc(Cl)c(-n2nc(C)cc2C(C)C)c(NCC(C)C)n1. The van der Waals surface area contributed by atoms with Crippen LogP contribution in [0.25, 0.3) is 5.69 Å². The van der Waals surface area contributed by atoms with Gasteiger partial charge in [0.25, 0.3) is 5.91 Å². The summed E-state index contributed by atoms with van der Waals surface area (Å²) in [6, 6.07) is 2.01. The van der Waals surface area contributed by atoms with E-state index in [4.69, 9.17) is 11.6 Å². The number of anilines is 1. The smallest absolute Gasteiger partial charge is 0.288 e. The number of amides is 1. The molecule has 136 valence electrons. The lowest BCUT2D eigenvalue weighted by molar-refractivity contribution is 0.0953. The Labute approximate surface area is 153 Å². The number of nitrogens with zero attached hydrogens (tertiary/aromatic N) is 4. The van der Waals surface area contributed by atoms with Crippen molar-refractivity contribution < 1.29 is 4.79 Å². The molecule has 0 bridgehead atoms. The maximum atomic E-state index is 11.9. The molecule has 0 spiro atoms. The second-order valence-electron chi connectivity index (χ2n) is 6.67. The number of nitrogens with one attached hydrogen (secondary N) is 2. The van der Waals surface area contributed by atoms with Gasteiger partial charge in [-0.15, -0.1) is 0 Å². The number of carbonyl (C=O) groups is 1. The maximum Gasteiger partial charge on any atom is 0.288 e. The van der Waals surface area contributed by atoms with E-state index in [0.29, 0.717) is 24.0 Å². The van der Waals surface area contributed by atoms with Crippen LogP contribution in [0.2, 0.25) is 5.15 Å². The third-order valence-electron chi connectivity index (χ3n) is 3.61. The molecule has 0 aliphatic rings. The molecule has 0 aromatic carbocycles. The first-order chi connectivity index (χ1) is 11.7.